The monoisotopic (exact) mass is 439 g/mol. The number of hydrogen-bond acceptors (Lipinski definition) is 5. The molecule has 0 fully saturated rings. The first-order valence-electron chi connectivity index (χ1n) is 10.2. The van der Waals surface area contributed by atoms with Gasteiger partial charge in [0.25, 0.3) is 5.91 Å². The van der Waals surface area contributed by atoms with Crippen LogP contribution in [0.1, 0.15) is 44.1 Å². The SMILES string of the molecule is Cc1nn(C)c(C)c1CCCN(C)c1ncc(NC(=O)c2ccccc2F)cc1C(=O)O. The molecule has 0 bridgehead atoms. The maximum atomic E-state index is 13.8. The molecule has 0 radical (unpaired) electrons. The summed E-state index contributed by atoms with van der Waals surface area (Å²) in [6.45, 7) is 4.59. The molecule has 9 heteroatoms. The number of carboxylic acids is 1. The van der Waals surface area contributed by atoms with E-state index in [0.29, 0.717) is 12.4 Å². The number of carbonyl (C=O) groups excluding carboxylic acids is 1. The Morgan fingerprint density at radius 3 is 2.56 bits per heavy atom. The molecule has 0 atom stereocenters. The average Bonchev–Trinajstić information content (AvgIpc) is 2.99. The number of carbonyl (C=O) groups is 2. The Bertz CT molecular complexity index is 1160. The van der Waals surface area contributed by atoms with Crippen molar-refractivity contribution in [3.63, 3.8) is 0 Å². The van der Waals surface area contributed by atoms with Crippen molar-refractivity contribution in [3.05, 3.63) is 70.4 Å². The Balaban J connectivity index is 1.72. The van der Waals surface area contributed by atoms with Crippen molar-refractivity contribution in [3.8, 4) is 0 Å². The van der Waals surface area contributed by atoms with Gasteiger partial charge in [-0.25, -0.2) is 14.2 Å². The summed E-state index contributed by atoms with van der Waals surface area (Å²) in [7, 11) is 3.68. The third kappa shape index (κ3) is 4.93. The Hall–Kier alpha value is -3.75. The van der Waals surface area contributed by atoms with Crippen LogP contribution in [0.4, 0.5) is 15.9 Å². The fraction of sp³-hybridized carbons (Fsp3) is 0.304. The van der Waals surface area contributed by atoms with E-state index in [2.05, 4.69) is 15.4 Å². The molecule has 0 spiro atoms. The van der Waals surface area contributed by atoms with Crippen LogP contribution in [-0.2, 0) is 13.5 Å². The maximum Gasteiger partial charge on any atom is 0.339 e. The number of hydrogen-bond donors (Lipinski definition) is 2. The topological polar surface area (TPSA) is 100 Å². The van der Waals surface area contributed by atoms with Gasteiger partial charge in [-0.2, -0.15) is 5.10 Å². The summed E-state index contributed by atoms with van der Waals surface area (Å²) >= 11 is 0. The van der Waals surface area contributed by atoms with E-state index in [-0.39, 0.29) is 16.8 Å². The second-order valence-electron chi connectivity index (χ2n) is 7.63. The number of pyridine rings is 1. The van der Waals surface area contributed by atoms with Gasteiger partial charge in [-0.15, -0.1) is 0 Å². The lowest BCUT2D eigenvalue weighted by molar-refractivity contribution is 0.0696. The molecule has 0 saturated carbocycles. The van der Waals surface area contributed by atoms with Crippen LogP contribution in [-0.4, -0.2) is 45.3 Å². The minimum atomic E-state index is -1.17. The second kappa shape index (κ2) is 9.59. The highest BCUT2D eigenvalue weighted by Crippen LogP contribution is 2.22. The van der Waals surface area contributed by atoms with Crippen molar-refractivity contribution >= 4 is 23.4 Å². The summed E-state index contributed by atoms with van der Waals surface area (Å²) in [5.41, 5.74) is 3.29. The standard InChI is InChI=1S/C23H26FN5O3/c1-14-17(15(2)29(4)27-14)9-7-11-28(3)21-19(23(31)32)12-16(13-25-21)26-22(30)18-8-5-6-10-20(18)24/h5-6,8,10,12-13H,7,9,11H2,1-4H3,(H,26,30)(H,31,32). The van der Waals surface area contributed by atoms with Crippen molar-refractivity contribution in [2.24, 2.45) is 7.05 Å². The van der Waals surface area contributed by atoms with E-state index in [1.807, 2.05) is 25.6 Å². The fourth-order valence-corrected chi connectivity index (χ4v) is 3.61. The van der Waals surface area contributed by atoms with Crippen molar-refractivity contribution in [1.82, 2.24) is 14.8 Å². The molecule has 0 aliphatic rings. The van der Waals surface area contributed by atoms with E-state index in [0.717, 1.165) is 24.2 Å². The van der Waals surface area contributed by atoms with Gasteiger partial charge in [0, 0.05) is 26.3 Å². The number of carboxylic acid groups (broad SMARTS) is 1. The number of aromatic nitrogens is 3. The van der Waals surface area contributed by atoms with Gasteiger partial charge >= 0.3 is 5.97 Å². The Morgan fingerprint density at radius 2 is 1.94 bits per heavy atom. The average molecular weight is 439 g/mol. The predicted molar refractivity (Wildman–Crippen MR) is 120 cm³/mol. The summed E-state index contributed by atoms with van der Waals surface area (Å²) in [5, 5.41) is 16.6. The molecule has 0 aliphatic heterocycles. The van der Waals surface area contributed by atoms with Gasteiger partial charge in [-0.1, -0.05) is 12.1 Å². The van der Waals surface area contributed by atoms with E-state index in [1.54, 1.807) is 18.0 Å². The summed E-state index contributed by atoms with van der Waals surface area (Å²) in [4.78, 5) is 30.2. The molecule has 0 aliphatic carbocycles. The highest BCUT2D eigenvalue weighted by molar-refractivity contribution is 6.05. The number of anilines is 2. The van der Waals surface area contributed by atoms with E-state index < -0.39 is 17.7 Å². The highest BCUT2D eigenvalue weighted by Gasteiger charge is 2.18. The molecule has 2 heterocycles. The molecule has 32 heavy (non-hydrogen) atoms. The second-order valence-corrected chi connectivity index (χ2v) is 7.63. The van der Waals surface area contributed by atoms with Crippen LogP contribution < -0.4 is 10.2 Å². The first-order valence-corrected chi connectivity index (χ1v) is 10.2. The van der Waals surface area contributed by atoms with Crippen LogP contribution >= 0.6 is 0 Å². The lowest BCUT2D eigenvalue weighted by Crippen LogP contribution is -2.23. The smallest absolute Gasteiger partial charge is 0.339 e. The number of amides is 1. The molecule has 2 N–H and O–H groups in total. The normalized spacial score (nSPS) is 10.8. The number of nitrogens with one attached hydrogen (secondary N) is 1. The van der Waals surface area contributed by atoms with Gasteiger partial charge in [-0.05, 0) is 50.5 Å². The largest absolute Gasteiger partial charge is 0.478 e. The minimum absolute atomic E-state index is 0.0485. The van der Waals surface area contributed by atoms with Crippen molar-refractivity contribution in [1.29, 1.82) is 0 Å². The first-order chi connectivity index (χ1) is 15.2. The van der Waals surface area contributed by atoms with Crippen LogP contribution in [0.25, 0.3) is 0 Å². The van der Waals surface area contributed by atoms with Gasteiger partial charge in [0.05, 0.1) is 23.1 Å². The van der Waals surface area contributed by atoms with Gasteiger partial charge in [-0.3, -0.25) is 9.48 Å². The zero-order chi connectivity index (χ0) is 23.4. The van der Waals surface area contributed by atoms with Crippen LogP contribution in [0.3, 0.4) is 0 Å². The third-order valence-corrected chi connectivity index (χ3v) is 5.41. The third-order valence-electron chi connectivity index (χ3n) is 5.41. The van der Waals surface area contributed by atoms with E-state index in [9.17, 15) is 19.1 Å². The summed E-state index contributed by atoms with van der Waals surface area (Å²) in [6, 6.07) is 6.89. The predicted octanol–water partition coefficient (Wildman–Crippen LogP) is 3.59. The zero-order valence-corrected chi connectivity index (χ0v) is 18.5. The molecular weight excluding hydrogens is 413 g/mol. The lowest BCUT2D eigenvalue weighted by Gasteiger charge is -2.20. The molecule has 3 aromatic rings. The first kappa shape index (κ1) is 22.9. The van der Waals surface area contributed by atoms with Gasteiger partial charge in [0.15, 0.2) is 0 Å². The van der Waals surface area contributed by atoms with Crippen LogP contribution in [0.5, 0.6) is 0 Å². The number of aromatic carboxylic acids is 1. The number of nitrogens with zero attached hydrogens (tertiary/aromatic N) is 4. The van der Waals surface area contributed by atoms with Crippen molar-refractivity contribution in [2.45, 2.75) is 26.7 Å². The molecule has 3 rings (SSSR count). The highest BCUT2D eigenvalue weighted by atomic mass is 19.1. The molecule has 0 unspecified atom stereocenters. The molecule has 8 nitrogen and oxygen atoms in total. The molecule has 0 saturated heterocycles. The minimum Gasteiger partial charge on any atom is -0.478 e. The van der Waals surface area contributed by atoms with Crippen LogP contribution in [0.2, 0.25) is 0 Å². The van der Waals surface area contributed by atoms with E-state index in [1.165, 1.54) is 36.0 Å². The Kier molecular flexibility index (Phi) is 6.87. The van der Waals surface area contributed by atoms with Crippen molar-refractivity contribution < 1.29 is 19.1 Å². The maximum absolute atomic E-state index is 13.8. The molecule has 2 aromatic heterocycles. The Labute approximate surface area is 185 Å². The quantitative estimate of drug-likeness (QED) is 0.556. The molecular formula is C23H26FN5O3. The van der Waals surface area contributed by atoms with Gasteiger partial charge in [0.1, 0.15) is 17.2 Å². The molecule has 1 aromatic carbocycles. The van der Waals surface area contributed by atoms with Gasteiger partial charge in [0.2, 0.25) is 0 Å². The molecule has 168 valence electrons. The van der Waals surface area contributed by atoms with Crippen LogP contribution in [0.15, 0.2) is 36.5 Å². The number of benzene rings is 1. The number of halogens is 1. The summed E-state index contributed by atoms with van der Waals surface area (Å²) < 4.78 is 15.7. The summed E-state index contributed by atoms with van der Waals surface area (Å²) in [6.07, 6.45) is 2.97. The Morgan fingerprint density at radius 1 is 1.22 bits per heavy atom. The molecule has 1 amide bonds. The van der Waals surface area contributed by atoms with E-state index in [4.69, 9.17) is 0 Å². The summed E-state index contributed by atoms with van der Waals surface area (Å²) in [5.74, 6) is -2.21. The van der Waals surface area contributed by atoms with Crippen molar-refractivity contribution in [2.75, 3.05) is 23.8 Å². The fourth-order valence-electron chi connectivity index (χ4n) is 3.61. The van der Waals surface area contributed by atoms with Crippen LogP contribution in [0, 0.1) is 19.7 Å². The number of rotatable bonds is 8. The number of aryl methyl sites for hydroxylation is 2. The zero-order valence-electron chi connectivity index (χ0n) is 18.5. The van der Waals surface area contributed by atoms with Gasteiger partial charge < -0.3 is 15.3 Å². The lowest BCUT2D eigenvalue weighted by atomic mass is 10.1. The van der Waals surface area contributed by atoms with E-state index >= 15 is 0 Å².